The van der Waals surface area contributed by atoms with E-state index in [-0.39, 0.29) is 11.8 Å². The second-order valence-electron chi connectivity index (χ2n) is 5.53. The van der Waals surface area contributed by atoms with Gasteiger partial charge >= 0.3 is 5.97 Å². The molecule has 3 N–H and O–H groups in total. The van der Waals surface area contributed by atoms with Crippen LogP contribution >= 0.6 is 0 Å². The summed E-state index contributed by atoms with van der Waals surface area (Å²) in [4.78, 5) is 23.2. The fraction of sp³-hybridized carbons (Fsp3) is 0.833. The normalized spacial score (nSPS) is 15.3. The lowest BCUT2D eigenvalue weighted by atomic mass is 10.0. The van der Waals surface area contributed by atoms with Crippen molar-refractivity contribution in [2.75, 3.05) is 0 Å². The van der Waals surface area contributed by atoms with E-state index >= 15 is 0 Å². The number of carbonyl (C=O) groups excluding carboxylic acids is 2. The number of amides is 1. The maximum Gasteiger partial charge on any atom is 0.328 e. The highest BCUT2D eigenvalue weighted by Gasteiger charge is 2.25. The van der Waals surface area contributed by atoms with Gasteiger partial charge in [0.25, 0.3) is 0 Å². The minimum absolute atomic E-state index is 0.0286. The molecule has 0 aliphatic heterocycles. The highest BCUT2D eigenvalue weighted by Crippen LogP contribution is 2.08. The predicted molar refractivity (Wildman–Crippen MR) is 66.3 cm³/mol. The third kappa shape index (κ3) is 6.26. The van der Waals surface area contributed by atoms with E-state index in [1.54, 1.807) is 27.7 Å². The molecule has 0 aliphatic carbocycles. The van der Waals surface area contributed by atoms with Crippen molar-refractivity contribution in [3.63, 3.8) is 0 Å². The minimum Gasteiger partial charge on any atom is -0.458 e. The molecular weight excluding hydrogens is 220 g/mol. The van der Waals surface area contributed by atoms with Crippen molar-refractivity contribution in [3.8, 4) is 0 Å². The third-order valence-corrected chi connectivity index (χ3v) is 2.14. The van der Waals surface area contributed by atoms with E-state index in [0.29, 0.717) is 0 Å². The summed E-state index contributed by atoms with van der Waals surface area (Å²) in [6.45, 7) is 10.6. The predicted octanol–water partition coefficient (Wildman–Crippen LogP) is 0.816. The maximum absolute atomic E-state index is 11.6. The van der Waals surface area contributed by atoms with Crippen LogP contribution in [0.5, 0.6) is 0 Å². The van der Waals surface area contributed by atoms with E-state index in [1.165, 1.54) is 0 Å². The van der Waals surface area contributed by atoms with Gasteiger partial charge in [-0.2, -0.15) is 0 Å². The van der Waals surface area contributed by atoms with Gasteiger partial charge in [-0.25, -0.2) is 4.79 Å². The van der Waals surface area contributed by atoms with Gasteiger partial charge in [-0.3, -0.25) is 4.79 Å². The molecule has 0 aromatic heterocycles. The summed E-state index contributed by atoms with van der Waals surface area (Å²) in [5.74, 6) is -0.763. The SMILES string of the molecule is CC(C)[C@H](N)C(=O)N[C@@H](C)C(=O)OC(C)(C)C. The molecule has 0 bridgehead atoms. The fourth-order valence-electron chi connectivity index (χ4n) is 1.06. The van der Waals surface area contributed by atoms with Gasteiger partial charge in [0.05, 0.1) is 6.04 Å². The van der Waals surface area contributed by atoms with Gasteiger partial charge in [0.2, 0.25) is 5.91 Å². The van der Waals surface area contributed by atoms with Crippen LogP contribution < -0.4 is 11.1 Å². The molecule has 1 amide bonds. The number of esters is 1. The number of rotatable bonds is 4. The van der Waals surface area contributed by atoms with Crippen LogP contribution in [-0.4, -0.2) is 29.6 Å². The van der Waals surface area contributed by atoms with Gasteiger partial charge in [0, 0.05) is 0 Å². The first kappa shape index (κ1) is 15.9. The van der Waals surface area contributed by atoms with Crippen LogP contribution in [0.2, 0.25) is 0 Å². The van der Waals surface area contributed by atoms with E-state index in [4.69, 9.17) is 10.5 Å². The lowest BCUT2D eigenvalue weighted by molar-refractivity contribution is -0.158. The molecule has 0 fully saturated rings. The average Bonchev–Trinajstić information content (AvgIpc) is 2.13. The van der Waals surface area contributed by atoms with Crippen LogP contribution in [0.3, 0.4) is 0 Å². The number of hydrogen-bond donors (Lipinski definition) is 2. The van der Waals surface area contributed by atoms with Crippen molar-refractivity contribution in [3.05, 3.63) is 0 Å². The Kier molecular flexibility index (Phi) is 5.61. The van der Waals surface area contributed by atoms with Gasteiger partial charge < -0.3 is 15.8 Å². The summed E-state index contributed by atoms with van der Waals surface area (Å²) in [7, 11) is 0. The van der Waals surface area contributed by atoms with E-state index in [0.717, 1.165) is 0 Å². The number of hydrogen-bond acceptors (Lipinski definition) is 4. The Morgan fingerprint density at radius 1 is 1.18 bits per heavy atom. The Bertz CT molecular complexity index is 282. The van der Waals surface area contributed by atoms with Gasteiger partial charge in [0.1, 0.15) is 11.6 Å². The monoisotopic (exact) mass is 244 g/mol. The minimum atomic E-state index is -0.688. The molecule has 5 nitrogen and oxygen atoms in total. The Hall–Kier alpha value is -1.10. The largest absolute Gasteiger partial charge is 0.458 e. The first-order chi connectivity index (χ1) is 7.54. The molecule has 0 heterocycles. The van der Waals surface area contributed by atoms with Crippen LogP contribution in [0, 0.1) is 5.92 Å². The van der Waals surface area contributed by atoms with Crippen LogP contribution in [0.1, 0.15) is 41.5 Å². The van der Waals surface area contributed by atoms with Crippen LogP contribution in [0.15, 0.2) is 0 Å². The van der Waals surface area contributed by atoms with Crippen LogP contribution in [0.4, 0.5) is 0 Å². The molecule has 0 radical (unpaired) electrons. The summed E-state index contributed by atoms with van der Waals surface area (Å²) in [5, 5.41) is 2.54. The lowest BCUT2D eigenvalue weighted by Crippen LogP contribution is -2.50. The van der Waals surface area contributed by atoms with Crippen molar-refractivity contribution < 1.29 is 14.3 Å². The molecule has 17 heavy (non-hydrogen) atoms. The van der Waals surface area contributed by atoms with Gasteiger partial charge in [-0.1, -0.05) is 13.8 Å². The van der Waals surface area contributed by atoms with E-state index in [1.807, 2.05) is 13.8 Å². The molecule has 0 aliphatic rings. The molecule has 5 heteroatoms. The zero-order chi connectivity index (χ0) is 13.8. The van der Waals surface area contributed by atoms with E-state index < -0.39 is 23.7 Å². The van der Waals surface area contributed by atoms with Crippen LogP contribution in [0.25, 0.3) is 0 Å². The summed E-state index contributed by atoms with van der Waals surface area (Å²) < 4.78 is 5.15. The topological polar surface area (TPSA) is 81.4 Å². The van der Waals surface area contributed by atoms with Crippen LogP contribution in [-0.2, 0) is 14.3 Å². The zero-order valence-electron chi connectivity index (χ0n) is 11.5. The molecule has 0 unspecified atom stereocenters. The third-order valence-electron chi connectivity index (χ3n) is 2.14. The van der Waals surface area contributed by atoms with Gasteiger partial charge in [-0.05, 0) is 33.6 Å². The Balaban J connectivity index is 4.31. The summed E-state index contributed by atoms with van der Waals surface area (Å²) >= 11 is 0. The zero-order valence-corrected chi connectivity index (χ0v) is 11.5. The summed E-state index contributed by atoms with van der Waals surface area (Å²) in [6.07, 6.45) is 0. The number of carbonyl (C=O) groups is 2. The molecule has 0 aromatic carbocycles. The smallest absolute Gasteiger partial charge is 0.328 e. The van der Waals surface area contributed by atoms with Crippen molar-refractivity contribution in [1.82, 2.24) is 5.32 Å². The van der Waals surface area contributed by atoms with Crippen molar-refractivity contribution in [2.45, 2.75) is 59.2 Å². The highest BCUT2D eigenvalue weighted by molar-refractivity contribution is 5.87. The quantitative estimate of drug-likeness (QED) is 0.717. The lowest BCUT2D eigenvalue weighted by Gasteiger charge is -2.24. The first-order valence-corrected chi connectivity index (χ1v) is 5.83. The number of ether oxygens (including phenoxy) is 1. The number of nitrogens with one attached hydrogen (secondary N) is 1. The second-order valence-corrected chi connectivity index (χ2v) is 5.53. The molecule has 0 saturated carbocycles. The Morgan fingerprint density at radius 2 is 1.65 bits per heavy atom. The van der Waals surface area contributed by atoms with E-state index in [2.05, 4.69) is 5.32 Å². The first-order valence-electron chi connectivity index (χ1n) is 5.83. The standard InChI is InChI=1S/C12H24N2O3/c1-7(2)9(13)10(15)14-8(3)11(16)17-12(4,5)6/h7-9H,13H2,1-6H3,(H,14,15)/t8-,9-/m0/s1. The molecule has 0 rings (SSSR count). The van der Waals surface area contributed by atoms with Gasteiger partial charge in [-0.15, -0.1) is 0 Å². The molecule has 0 spiro atoms. The molecule has 0 aromatic rings. The summed E-state index contributed by atoms with van der Waals surface area (Å²) in [6, 6.07) is -1.30. The van der Waals surface area contributed by atoms with Crippen molar-refractivity contribution >= 4 is 11.9 Å². The molecular formula is C12H24N2O3. The average molecular weight is 244 g/mol. The molecule has 100 valence electrons. The summed E-state index contributed by atoms with van der Waals surface area (Å²) in [5.41, 5.74) is 5.11. The molecule has 0 saturated heterocycles. The van der Waals surface area contributed by atoms with Crippen molar-refractivity contribution in [2.24, 2.45) is 11.7 Å². The van der Waals surface area contributed by atoms with E-state index in [9.17, 15) is 9.59 Å². The van der Waals surface area contributed by atoms with Gasteiger partial charge in [0.15, 0.2) is 0 Å². The highest BCUT2D eigenvalue weighted by atomic mass is 16.6. The Morgan fingerprint density at radius 3 is 2.00 bits per heavy atom. The number of nitrogens with two attached hydrogens (primary N) is 1. The maximum atomic E-state index is 11.6. The molecule has 2 atom stereocenters. The second kappa shape index (κ2) is 6.00. The van der Waals surface area contributed by atoms with Crippen molar-refractivity contribution in [1.29, 1.82) is 0 Å². The fourth-order valence-corrected chi connectivity index (χ4v) is 1.06. The Labute approximate surface area is 103 Å².